The molecule has 0 aliphatic carbocycles. The Hall–Kier alpha value is -4.20. The number of nitrogens with one attached hydrogen (secondary N) is 1. The number of primary amides is 1. The third-order valence-electron chi connectivity index (χ3n) is 7.45. The van der Waals surface area contributed by atoms with Gasteiger partial charge in [0.15, 0.2) is 23.4 Å². The van der Waals surface area contributed by atoms with E-state index in [0.717, 1.165) is 0 Å². The molecule has 1 aliphatic heterocycles. The van der Waals surface area contributed by atoms with Gasteiger partial charge >= 0.3 is 18.0 Å². The monoisotopic (exact) mass is 646 g/mol. The lowest BCUT2D eigenvalue weighted by atomic mass is 9.87. The Morgan fingerprint density at radius 2 is 1.65 bits per heavy atom. The van der Waals surface area contributed by atoms with Gasteiger partial charge in [0.05, 0.1) is 25.0 Å². The summed E-state index contributed by atoms with van der Waals surface area (Å²) in [4.78, 5) is 49.4. The van der Waals surface area contributed by atoms with Gasteiger partial charge in [-0.05, 0) is 38.2 Å². The van der Waals surface area contributed by atoms with Crippen molar-refractivity contribution >= 4 is 29.6 Å². The van der Waals surface area contributed by atoms with E-state index in [9.17, 15) is 24.3 Å². The molecule has 4 N–H and O–H groups in total. The van der Waals surface area contributed by atoms with Crippen LogP contribution in [0.25, 0.3) is 0 Å². The van der Waals surface area contributed by atoms with E-state index in [1.807, 2.05) is 6.92 Å². The number of rotatable bonds is 6. The van der Waals surface area contributed by atoms with E-state index in [-0.39, 0.29) is 40.8 Å². The van der Waals surface area contributed by atoms with E-state index in [4.69, 9.17) is 34.2 Å². The molecule has 0 saturated heterocycles. The number of nitrogens with two attached hydrogens (primary N) is 1. The van der Waals surface area contributed by atoms with Gasteiger partial charge in [-0.1, -0.05) is 38.2 Å². The topological polar surface area (TPSA) is 182 Å². The van der Waals surface area contributed by atoms with Crippen LogP contribution in [0.2, 0.25) is 0 Å². The third-order valence-corrected chi connectivity index (χ3v) is 7.45. The number of amides is 2. The predicted molar refractivity (Wildman–Crippen MR) is 170 cm³/mol. The number of allylic oxidation sites excluding steroid dienone is 2. The summed E-state index contributed by atoms with van der Waals surface area (Å²) in [6, 6.07) is 1.35. The van der Waals surface area contributed by atoms with Crippen molar-refractivity contribution < 1.29 is 52.7 Å². The molecule has 0 spiro atoms. The molecular formula is C33H46N2O11. The summed E-state index contributed by atoms with van der Waals surface area (Å²) < 4.78 is 33.4. The SMILES string of the molecule is COc1c(OC(C)=O)cc2c(OC(C)=O)c1C[C@@H](C)C[C@@H](OC)[C@@H](O)[C@@H](C)/C=C(/C)[C@@H](OC(N)=O)[C@@H](OC)/C=C\C=C(/C)C(=O)N2. The van der Waals surface area contributed by atoms with Crippen molar-refractivity contribution in [2.45, 2.75) is 78.8 Å². The number of carbonyl (C=O) groups is 4. The number of esters is 2. The number of hydrogen-bond donors (Lipinski definition) is 3. The molecule has 13 nitrogen and oxygen atoms in total. The summed E-state index contributed by atoms with van der Waals surface area (Å²) in [6.07, 6.45) is 2.57. The Morgan fingerprint density at radius 3 is 2.20 bits per heavy atom. The van der Waals surface area contributed by atoms with Crippen LogP contribution in [0, 0.1) is 11.8 Å². The maximum absolute atomic E-state index is 13.4. The zero-order valence-corrected chi connectivity index (χ0v) is 27.9. The number of carbonyl (C=O) groups excluding carboxylic acids is 4. The largest absolute Gasteiger partial charge is 0.492 e. The number of benzene rings is 1. The second-order valence-corrected chi connectivity index (χ2v) is 11.3. The van der Waals surface area contributed by atoms with Gasteiger partial charge in [0.1, 0.15) is 6.10 Å². The quantitative estimate of drug-likeness (QED) is 0.231. The predicted octanol–water partition coefficient (Wildman–Crippen LogP) is 4.01. The number of fused-ring (bicyclic) bond motifs is 2. The van der Waals surface area contributed by atoms with E-state index in [0.29, 0.717) is 17.6 Å². The van der Waals surface area contributed by atoms with Crippen LogP contribution in [-0.2, 0) is 35.0 Å². The molecule has 2 amide bonds. The first-order valence-corrected chi connectivity index (χ1v) is 14.8. The summed E-state index contributed by atoms with van der Waals surface area (Å²) in [5.74, 6) is -2.36. The highest BCUT2D eigenvalue weighted by Gasteiger charge is 2.31. The second kappa shape index (κ2) is 17.5. The van der Waals surface area contributed by atoms with E-state index in [1.165, 1.54) is 47.3 Å². The smallest absolute Gasteiger partial charge is 0.405 e. The van der Waals surface area contributed by atoms with Crippen molar-refractivity contribution in [3.8, 4) is 17.2 Å². The average Bonchev–Trinajstić information content (AvgIpc) is 2.97. The summed E-state index contributed by atoms with van der Waals surface area (Å²) >= 11 is 0. The zero-order chi connectivity index (χ0) is 34.7. The molecule has 13 heteroatoms. The van der Waals surface area contributed by atoms with Gasteiger partial charge in [0, 0.05) is 51.2 Å². The highest BCUT2D eigenvalue weighted by molar-refractivity contribution is 6.05. The van der Waals surface area contributed by atoms with Gasteiger partial charge in [0.2, 0.25) is 0 Å². The van der Waals surface area contributed by atoms with Crippen molar-refractivity contribution in [1.29, 1.82) is 0 Å². The van der Waals surface area contributed by atoms with Gasteiger partial charge in [-0.15, -0.1) is 0 Å². The number of aliphatic hydroxyl groups is 1. The third kappa shape index (κ3) is 10.4. The number of aliphatic hydroxyl groups excluding tert-OH is 1. The van der Waals surface area contributed by atoms with Crippen LogP contribution in [0.4, 0.5) is 10.5 Å². The normalized spacial score (nSPS) is 27.6. The Labute approximate surface area is 269 Å². The number of anilines is 1. The molecule has 0 unspecified atom stereocenters. The van der Waals surface area contributed by atoms with Crippen LogP contribution in [0.15, 0.2) is 41.5 Å². The van der Waals surface area contributed by atoms with Gasteiger partial charge in [-0.25, -0.2) is 4.79 Å². The molecule has 6 atom stereocenters. The Balaban J connectivity index is 2.84. The minimum Gasteiger partial charge on any atom is -0.492 e. The Bertz CT molecular complexity index is 1370. The van der Waals surface area contributed by atoms with Crippen molar-refractivity contribution in [3.63, 3.8) is 0 Å². The van der Waals surface area contributed by atoms with Crippen molar-refractivity contribution in [1.82, 2.24) is 0 Å². The van der Waals surface area contributed by atoms with Crippen molar-refractivity contribution in [2.75, 3.05) is 26.6 Å². The molecule has 1 aromatic rings. The molecule has 254 valence electrons. The highest BCUT2D eigenvalue weighted by Crippen LogP contribution is 2.45. The van der Waals surface area contributed by atoms with Crippen LogP contribution < -0.4 is 25.3 Å². The first-order valence-electron chi connectivity index (χ1n) is 14.8. The van der Waals surface area contributed by atoms with E-state index < -0.39 is 54.3 Å². The van der Waals surface area contributed by atoms with Gasteiger partial charge in [-0.3, -0.25) is 14.4 Å². The molecule has 2 bridgehead atoms. The number of ether oxygens (including phenoxy) is 6. The summed E-state index contributed by atoms with van der Waals surface area (Å²) in [5, 5.41) is 14.1. The molecule has 0 saturated carbocycles. The molecular weight excluding hydrogens is 600 g/mol. The van der Waals surface area contributed by atoms with Gasteiger partial charge in [-0.2, -0.15) is 0 Å². The highest BCUT2D eigenvalue weighted by atomic mass is 16.6. The maximum atomic E-state index is 13.4. The molecule has 1 aromatic carbocycles. The zero-order valence-electron chi connectivity index (χ0n) is 27.9. The molecule has 46 heavy (non-hydrogen) atoms. The lowest BCUT2D eigenvalue weighted by Crippen LogP contribution is -2.37. The van der Waals surface area contributed by atoms with E-state index in [2.05, 4.69) is 5.32 Å². The molecule has 2 rings (SSSR count). The molecule has 0 radical (unpaired) electrons. The summed E-state index contributed by atoms with van der Waals surface area (Å²) in [6.45, 7) is 9.43. The van der Waals surface area contributed by atoms with Crippen molar-refractivity contribution in [3.05, 3.63) is 47.1 Å². The first-order chi connectivity index (χ1) is 21.6. The van der Waals surface area contributed by atoms with Crippen LogP contribution in [0.3, 0.4) is 0 Å². The lowest BCUT2D eigenvalue weighted by Gasteiger charge is -2.30. The van der Waals surface area contributed by atoms with Crippen LogP contribution in [0.5, 0.6) is 17.2 Å². The van der Waals surface area contributed by atoms with Crippen LogP contribution in [-0.4, -0.2) is 74.8 Å². The molecule has 0 fully saturated rings. The van der Waals surface area contributed by atoms with E-state index in [1.54, 1.807) is 39.0 Å². The second-order valence-electron chi connectivity index (χ2n) is 11.3. The Kier molecular flexibility index (Phi) is 14.4. The standard InChI is InChI=1S/C33H46N2O11/c1-17-13-23-30(45-22(6)37)24(16-27(31(23)43-9)44-21(5)36)35-32(39)18(2)11-10-12-25(41-7)29(46-33(34)40)20(4)15-19(3)28(38)26(14-17)42-8/h10-12,15-17,19,25-26,28-29,38H,13-14H2,1-9H3,(H2,34,40)(H,35,39)/b12-10-,18-11+,20-15-/t17-,19+,25+,26-,28+,29-/m1/s1. The number of hydrogen-bond acceptors (Lipinski definition) is 11. The maximum Gasteiger partial charge on any atom is 0.405 e. The molecule has 1 aliphatic rings. The van der Waals surface area contributed by atoms with Crippen LogP contribution >= 0.6 is 0 Å². The minimum absolute atomic E-state index is 0.0109. The summed E-state index contributed by atoms with van der Waals surface area (Å²) in [5.41, 5.74) is 6.62. The lowest BCUT2D eigenvalue weighted by molar-refractivity contribution is -0.133. The van der Waals surface area contributed by atoms with E-state index >= 15 is 0 Å². The van der Waals surface area contributed by atoms with Gasteiger partial charge in [0.25, 0.3) is 5.91 Å². The first kappa shape index (κ1) is 38.0. The number of methoxy groups -OCH3 is 3. The minimum atomic E-state index is -1.01. The summed E-state index contributed by atoms with van der Waals surface area (Å²) in [7, 11) is 4.30. The van der Waals surface area contributed by atoms with Crippen LogP contribution in [0.1, 0.15) is 53.5 Å². The average molecular weight is 647 g/mol. The fraction of sp³-hybridized carbons (Fsp3) is 0.515. The molecule has 1 heterocycles. The fourth-order valence-corrected chi connectivity index (χ4v) is 5.27. The Morgan fingerprint density at radius 1 is 1.00 bits per heavy atom. The van der Waals surface area contributed by atoms with Crippen molar-refractivity contribution in [2.24, 2.45) is 17.6 Å². The molecule has 0 aromatic heterocycles. The fourth-order valence-electron chi connectivity index (χ4n) is 5.27. The van der Waals surface area contributed by atoms with Gasteiger partial charge < -0.3 is 44.6 Å².